The molecule has 8 heteroatoms. The van der Waals surface area contributed by atoms with Crippen LogP contribution in [0.1, 0.15) is 32.3 Å². The first kappa shape index (κ1) is 21.8. The van der Waals surface area contributed by atoms with Gasteiger partial charge in [-0.25, -0.2) is 8.42 Å². The molecule has 0 spiro atoms. The Morgan fingerprint density at radius 1 is 1.39 bits per heavy atom. The lowest BCUT2D eigenvalue weighted by Gasteiger charge is -2.13. The van der Waals surface area contributed by atoms with Crippen molar-refractivity contribution < 1.29 is 22.7 Å². The highest BCUT2D eigenvalue weighted by molar-refractivity contribution is 7.91. The summed E-state index contributed by atoms with van der Waals surface area (Å²) < 4.78 is 34.1. The second-order valence-corrected chi connectivity index (χ2v) is 9.41. The van der Waals surface area contributed by atoms with Crippen molar-refractivity contribution in [3.63, 3.8) is 0 Å². The first-order valence-electron chi connectivity index (χ1n) is 9.18. The van der Waals surface area contributed by atoms with Gasteiger partial charge in [-0.1, -0.05) is 19.9 Å². The van der Waals surface area contributed by atoms with Gasteiger partial charge in [0.05, 0.1) is 25.2 Å². The Bertz CT molecular complexity index is 884. The van der Waals surface area contributed by atoms with Gasteiger partial charge in [0, 0.05) is 6.04 Å². The summed E-state index contributed by atoms with van der Waals surface area (Å²) in [5, 5.41) is 11.9. The summed E-state index contributed by atoms with van der Waals surface area (Å²) in [5.41, 5.74) is 0.513. The Kier molecular flexibility index (Phi) is 7.46. The van der Waals surface area contributed by atoms with Gasteiger partial charge in [0.2, 0.25) is 0 Å². The van der Waals surface area contributed by atoms with E-state index < -0.39 is 21.8 Å². The monoisotopic (exact) mass is 406 g/mol. The van der Waals surface area contributed by atoms with Crippen LogP contribution in [-0.4, -0.2) is 45.6 Å². The maximum atomic E-state index is 12.3. The molecule has 1 aromatic carbocycles. The number of hydrogen-bond acceptors (Lipinski definition) is 6. The number of rotatable bonds is 8. The van der Waals surface area contributed by atoms with Crippen LogP contribution < -0.4 is 14.8 Å². The van der Waals surface area contributed by atoms with Crippen LogP contribution in [0.3, 0.4) is 0 Å². The Hall–Kier alpha value is -2.53. The van der Waals surface area contributed by atoms with Gasteiger partial charge in [-0.3, -0.25) is 4.79 Å². The molecule has 1 heterocycles. The van der Waals surface area contributed by atoms with Crippen molar-refractivity contribution in [2.24, 2.45) is 5.92 Å². The summed E-state index contributed by atoms with van der Waals surface area (Å²) >= 11 is 0. The maximum absolute atomic E-state index is 12.3. The number of ether oxygens (including phenoxy) is 2. The van der Waals surface area contributed by atoms with E-state index in [0.29, 0.717) is 36.0 Å². The molecule has 1 N–H and O–H groups in total. The fourth-order valence-electron chi connectivity index (χ4n) is 2.79. The predicted molar refractivity (Wildman–Crippen MR) is 107 cm³/mol. The molecule has 1 saturated heterocycles. The fraction of sp³-hybridized carbons (Fsp3) is 0.500. The second-order valence-electron chi connectivity index (χ2n) is 7.18. The number of nitrogens with zero attached hydrogens (tertiary/aromatic N) is 1. The van der Waals surface area contributed by atoms with Crippen LogP contribution in [0.4, 0.5) is 0 Å². The lowest BCUT2D eigenvalue weighted by Crippen LogP contribution is -2.36. The molecule has 0 saturated carbocycles. The molecule has 1 aliphatic rings. The van der Waals surface area contributed by atoms with E-state index in [1.807, 2.05) is 6.07 Å². The molecule has 28 heavy (non-hydrogen) atoms. The predicted octanol–water partition coefficient (Wildman–Crippen LogP) is 2.33. The van der Waals surface area contributed by atoms with Crippen LogP contribution in [0.15, 0.2) is 23.8 Å². The normalized spacial score (nSPS) is 18.5. The highest BCUT2D eigenvalue weighted by Gasteiger charge is 2.29. The average Bonchev–Trinajstić information content (AvgIpc) is 2.98. The largest absolute Gasteiger partial charge is 0.493 e. The molecule has 1 aliphatic heterocycles. The Morgan fingerprint density at radius 2 is 2.14 bits per heavy atom. The number of methoxy groups -OCH3 is 1. The minimum Gasteiger partial charge on any atom is -0.493 e. The highest BCUT2D eigenvalue weighted by atomic mass is 32.2. The third kappa shape index (κ3) is 6.27. The van der Waals surface area contributed by atoms with Gasteiger partial charge < -0.3 is 14.8 Å². The number of nitriles is 1. The second kappa shape index (κ2) is 9.60. The quantitative estimate of drug-likeness (QED) is 0.525. The van der Waals surface area contributed by atoms with Crippen LogP contribution >= 0.6 is 0 Å². The molecule has 2 rings (SSSR count). The number of amides is 1. The van der Waals surface area contributed by atoms with Gasteiger partial charge in [0.15, 0.2) is 21.3 Å². The van der Waals surface area contributed by atoms with Crippen LogP contribution in [0, 0.1) is 17.2 Å². The lowest BCUT2D eigenvalue weighted by molar-refractivity contribution is -0.117. The Balaban J connectivity index is 2.10. The minimum absolute atomic E-state index is 0.0546. The fourth-order valence-corrected chi connectivity index (χ4v) is 4.46. The number of benzene rings is 1. The van der Waals surface area contributed by atoms with Crippen molar-refractivity contribution in [2.45, 2.75) is 32.7 Å². The molecular formula is C20H26N2O5S. The van der Waals surface area contributed by atoms with Crippen LogP contribution in [0.2, 0.25) is 0 Å². The number of sulfone groups is 1. The average molecular weight is 407 g/mol. The van der Waals surface area contributed by atoms with E-state index in [-0.39, 0.29) is 17.1 Å². The summed E-state index contributed by atoms with van der Waals surface area (Å²) in [6.07, 6.45) is 2.72. The van der Waals surface area contributed by atoms with Crippen LogP contribution in [0.25, 0.3) is 6.08 Å². The first-order valence-corrected chi connectivity index (χ1v) is 11.0. The van der Waals surface area contributed by atoms with Gasteiger partial charge >= 0.3 is 0 Å². The summed E-state index contributed by atoms with van der Waals surface area (Å²) in [7, 11) is -1.58. The van der Waals surface area contributed by atoms with Gasteiger partial charge in [-0.2, -0.15) is 5.26 Å². The van der Waals surface area contributed by atoms with E-state index in [2.05, 4.69) is 19.2 Å². The summed E-state index contributed by atoms with van der Waals surface area (Å²) in [6, 6.07) is 6.57. The van der Waals surface area contributed by atoms with E-state index in [1.54, 1.807) is 18.2 Å². The Labute approximate surface area is 166 Å². The smallest absolute Gasteiger partial charge is 0.262 e. The van der Waals surface area contributed by atoms with Gasteiger partial charge in [0.1, 0.15) is 11.6 Å². The first-order chi connectivity index (χ1) is 13.2. The molecule has 1 fully saturated rings. The topological polar surface area (TPSA) is 105 Å². The molecule has 1 amide bonds. The van der Waals surface area contributed by atoms with E-state index in [1.165, 1.54) is 13.2 Å². The van der Waals surface area contributed by atoms with E-state index in [9.17, 15) is 18.5 Å². The zero-order chi connectivity index (χ0) is 20.7. The molecule has 7 nitrogen and oxygen atoms in total. The zero-order valence-corrected chi connectivity index (χ0v) is 17.2. The van der Waals surface area contributed by atoms with Gasteiger partial charge in [-0.05, 0) is 42.5 Å². The molecule has 1 atom stereocenters. The van der Waals surface area contributed by atoms with Gasteiger partial charge in [0.25, 0.3) is 5.91 Å². The number of hydrogen-bond donors (Lipinski definition) is 1. The molecule has 0 aromatic heterocycles. The van der Waals surface area contributed by atoms with Crippen LogP contribution in [-0.2, 0) is 14.6 Å². The van der Waals surface area contributed by atoms with Crippen molar-refractivity contribution in [2.75, 3.05) is 25.2 Å². The van der Waals surface area contributed by atoms with E-state index in [0.717, 1.165) is 6.42 Å². The van der Waals surface area contributed by atoms with Crippen molar-refractivity contribution in [3.8, 4) is 17.6 Å². The SMILES string of the molecule is COc1cc(/C=C(\C#N)C(=O)NC2CCS(=O)(=O)C2)ccc1OCCC(C)C. The molecular weight excluding hydrogens is 380 g/mol. The number of nitrogens with one attached hydrogen (secondary N) is 1. The Morgan fingerprint density at radius 3 is 2.71 bits per heavy atom. The minimum atomic E-state index is -3.11. The maximum Gasteiger partial charge on any atom is 0.262 e. The van der Waals surface area contributed by atoms with Gasteiger partial charge in [-0.15, -0.1) is 0 Å². The highest BCUT2D eigenvalue weighted by Crippen LogP contribution is 2.29. The van der Waals surface area contributed by atoms with Crippen molar-refractivity contribution in [1.29, 1.82) is 5.26 Å². The summed E-state index contributed by atoms with van der Waals surface area (Å²) in [4.78, 5) is 12.3. The molecule has 0 radical (unpaired) electrons. The van der Waals surface area contributed by atoms with Crippen molar-refractivity contribution >= 4 is 21.8 Å². The number of carbonyl (C=O) groups excluding carboxylic acids is 1. The van der Waals surface area contributed by atoms with Crippen LogP contribution in [0.5, 0.6) is 11.5 Å². The molecule has 1 unspecified atom stereocenters. The molecule has 0 bridgehead atoms. The lowest BCUT2D eigenvalue weighted by atomic mass is 10.1. The van der Waals surface area contributed by atoms with Crippen molar-refractivity contribution in [1.82, 2.24) is 5.32 Å². The van der Waals surface area contributed by atoms with E-state index >= 15 is 0 Å². The number of carbonyl (C=O) groups is 1. The molecule has 1 aromatic rings. The molecule has 0 aliphatic carbocycles. The van der Waals surface area contributed by atoms with E-state index in [4.69, 9.17) is 9.47 Å². The zero-order valence-electron chi connectivity index (χ0n) is 16.4. The molecule has 152 valence electrons. The summed E-state index contributed by atoms with van der Waals surface area (Å²) in [5.74, 6) is 1.02. The standard InChI is InChI=1S/C20H26N2O5S/c1-14(2)6-8-27-18-5-4-15(11-19(18)26-3)10-16(12-21)20(23)22-17-7-9-28(24,25)13-17/h4-5,10-11,14,17H,6-9,13H2,1-3H3,(H,22,23)/b16-10+. The van der Waals surface area contributed by atoms with Crippen molar-refractivity contribution in [3.05, 3.63) is 29.3 Å². The third-order valence-electron chi connectivity index (χ3n) is 4.38. The summed E-state index contributed by atoms with van der Waals surface area (Å²) in [6.45, 7) is 4.80. The third-order valence-corrected chi connectivity index (χ3v) is 6.15.